The first-order chi connectivity index (χ1) is 20.8. The molecule has 0 spiro atoms. The Kier molecular flexibility index (Phi) is 8.88. The van der Waals surface area contributed by atoms with Gasteiger partial charge in [0.2, 0.25) is 27.8 Å². The molecule has 3 N–H and O–H groups in total. The molecule has 0 bridgehead atoms. The van der Waals surface area contributed by atoms with Crippen LogP contribution in [0.2, 0.25) is 0 Å². The Morgan fingerprint density at radius 2 is 1.66 bits per heavy atom. The third kappa shape index (κ3) is 6.83. The van der Waals surface area contributed by atoms with E-state index < -0.39 is 51.4 Å². The molecule has 44 heavy (non-hydrogen) atoms. The smallest absolute Gasteiger partial charge is 0.369 e. The van der Waals surface area contributed by atoms with Gasteiger partial charge in [-0.05, 0) is 68.1 Å². The van der Waals surface area contributed by atoms with Crippen molar-refractivity contribution < 1.29 is 35.6 Å². The summed E-state index contributed by atoms with van der Waals surface area (Å²) in [6.45, 7) is 0.764. The summed E-state index contributed by atoms with van der Waals surface area (Å²) in [4.78, 5) is 35.9. The number of piperidine rings is 1. The molecule has 2 amide bonds. The summed E-state index contributed by atoms with van der Waals surface area (Å²) in [7, 11) is -4.07. The first kappa shape index (κ1) is 31.3. The second-order valence-corrected chi connectivity index (χ2v) is 12.6. The number of nitrogens with zero attached hydrogens (tertiary/aromatic N) is 4. The van der Waals surface area contributed by atoms with E-state index in [-0.39, 0.29) is 36.9 Å². The van der Waals surface area contributed by atoms with Gasteiger partial charge in [0, 0.05) is 25.2 Å². The first-order valence-electron chi connectivity index (χ1n) is 14.0. The molecule has 2 aromatic carbocycles. The van der Waals surface area contributed by atoms with E-state index in [0.717, 1.165) is 40.7 Å². The molecule has 1 aromatic heterocycles. The number of hydrogen-bond donors (Lipinski definition) is 2. The third-order valence-corrected chi connectivity index (χ3v) is 9.67. The van der Waals surface area contributed by atoms with Gasteiger partial charge in [-0.15, -0.1) is 0 Å². The summed E-state index contributed by atoms with van der Waals surface area (Å²) in [6.07, 6.45) is -2.54. The number of hydrogen-bond acceptors (Lipinski definition) is 7. The van der Waals surface area contributed by atoms with Gasteiger partial charge in [-0.2, -0.15) is 17.5 Å². The fourth-order valence-electron chi connectivity index (χ4n) is 5.41. The molecule has 3 aromatic rings. The van der Waals surface area contributed by atoms with E-state index in [0.29, 0.717) is 42.8 Å². The second-order valence-electron chi connectivity index (χ2n) is 10.8. The van der Waals surface area contributed by atoms with E-state index in [1.165, 1.54) is 18.2 Å². The summed E-state index contributed by atoms with van der Waals surface area (Å²) < 4.78 is 80.3. The highest BCUT2D eigenvalue weighted by Gasteiger charge is 2.39. The predicted molar refractivity (Wildman–Crippen MR) is 152 cm³/mol. The fraction of sp³-hybridized carbons (Fsp3) is 0.379. The van der Waals surface area contributed by atoms with Crippen molar-refractivity contribution in [1.29, 1.82) is 0 Å². The van der Waals surface area contributed by atoms with Crippen molar-refractivity contribution >= 4 is 27.8 Å². The topological polar surface area (TPSA) is 139 Å². The zero-order valence-corrected chi connectivity index (χ0v) is 24.2. The molecule has 2 saturated heterocycles. The minimum absolute atomic E-state index is 0.115. The molecular weight excluding hydrogens is 604 g/mol. The molecule has 0 saturated carbocycles. The van der Waals surface area contributed by atoms with E-state index in [1.54, 1.807) is 4.90 Å². The number of primary amides is 1. The number of nitrogens with one attached hydrogen (secondary N) is 1. The Hall–Kier alpha value is -4.11. The zero-order valence-electron chi connectivity index (χ0n) is 23.4. The lowest BCUT2D eigenvalue weighted by Gasteiger charge is -2.31. The maximum Gasteiger partial charge on any atom is 0.416 e. The number of aromatic nitrogens is 2. The van der Waals surface area contributed by atoms with Gasteiger partial charge in [-0.1, -0.05) is 12.1 Å². The number of anilines is 1. The summed E-state index contributed by atoms with van der Waals surface area (Å²) in [5.74, 6) is -1.82. The van der Waals surface area contributed by atoms with E-state index in [4.69, 9.17) is 5.73 Å². The molecule has 1 unspecified atom stereocenters. The summed E-state index contributed by atoms with van der Waals surface area (Å²) in [5.41, 5.74) is 5.71. The van der Waals surface area contributed by atoms with Crippen molar-refractivity contribution in [3.05, 3.63) is 71.7 Å². The highest BCUT2D eigenvalue weighted by Crippen LogP contribution is 2.32. The van der Waals surface area contributed by atoms with Crippen molar-refractivity contribution in [2.45, 2.75) is 49.3 Å². The molecule has 15 heteroatoms. The molecule has 0 radical (unpaired) electrons. The predicted octanol–water partition coefficient (Wildman–Crippen LogP) is 3.47. The van der Waals surface area contributed by atoms with Gasteiger partial charge < -0.3 is 16.0 Å². The van der Waals surface area contributed by atoms with Gasteiger partial charge >= 0.3 is 6.18 Å². The van der Waals surface area contributed by atoms with Crippen LogP contribution in [0.25, 0.3) is 11.3 Å². The van der Waals surface area contributed by atoms with E-state index >= 15 is 0 Å². The Balaban J connectivity index is 1.39. The number of amides is 2. The van der Waals surface area contributed by atoms with Crippen LogP contribution in [0.15, 0.2) is 59.5 Å². The zero-order chi connectivity index (χ0) is 31.6. The monoisotopic (exact) mass is 634 g/mol. The van der Waals surface area contributed by atoms with Crippen LogP contribution in [0.4, 0.5) is 23.5 Å². The molecule has 0 aliphatic carbocycles. The van der Waals surface area contributed by atoms with Crippen molar-refractivity contribution in [3.8, 4) is 11.3 Å². The van der Waals surface area contributed by atoms with Gasteiger partial charge in [-0.25, -0.2) is 22.8 Å². The maximum atomic E-state index is 13.4. The van der Waals surface area contributed by atoms with Crippen LogP contribution < -0.4 is 16.0 Å². The van der Waals surface area contributed by atoms with Gasteiger partial charge in [0.25, 0.3) is 0 Å². The van der Waals surface area contributed by atoms with Crippen LogP contribution in [-0.2, 0) is 32.3 Å². The average molecular weight is 635 g/mol. The lowest BCUT2D eigenvalue weighted by atomic mass is 9.98. The van der Waals surface area contributed by atoms with Crippen molar-refractivity contribution in [2.75, 3.05) is 24.5 Å². The molecule has 3 heterocycles. The molecule has 2 aliphatic rings. The van der Waals surface area contributed by atoms with Crippen LogP contribution in [0, 0.1) is 11.7 Å². The van der Waals surface area contributed by atoms with Crippen LogP contribution in [0.3, 0.4) is 0 Å². The summed E-state index contributed by atoms with van der Waals surface area (Å²) >= 11 is 0. The standard InChI is InChI=1S/C29H30F4N6O4S/c30-21-9-11-23(12-10-21)44(42,43)39-14-2-4-25(39)27(41)35-16-22-15-24(18-5-7-20(8-6-18)29(31,32)33)37-28(36-22)38-13-1-3-19(17-38)26(34)40/h5-12,15,19,25H,1-4,13-14,16-17H2,(H2,34,40)(H,35,41)/t19?,25-/m0/s1. The second kappa shape index (κ2) is 12.5. The fourth-order valence-corrected chi connectivity index (χ4v) is 7.07. The SMILES string of the molecule is NC(=O)C1CCCN(c2nc(CNC(=O)[C@@H]3CCCN3S(=O)(=O)c3ccc(F)cc3)cc(-c3ccc(C(F)(F)F)cc3)n2)C1. The average Bonchev–Trinajstić information content (AvgIpc) is 3.51. The number of halogens is 4. The van der Waals surface area contributed by atoms with Crippen LogP contribution >= 0.6 is 0 Å². The maximum absolute atomic E-state index is 13.4. The minimum Gasteiger partial charge on any atom is -0.369 e. The van der Waals surface area contributed by atoms with E-state index in [2.05, 4.69) is 15.3 Å². The molecule has 5 rings (SSSR count). The number of benzene rings is 2. The Labute approximate surface area is 251 Å². The van der Waals surface area contributed by atoms with Crippen molar-refractivity contribution in [1.82, 2.24) is 19.6 Å². The Morgan fingerprint density at radius 3 is 2.32 bits per heavy atom. The number of alkyl halides is 3. The lowest BCUT2D eigenvalue weighted by molar-refractivity contribution is -0.137. The molecule has 234 valence electrons. The highest BCUT2D eigenvalue weighted by atomic mass is 32.2. The number of sulfonamides is 1. The quantitative estimate of drug-likeness (QED) is 0.362. The Morgan fingerprint density at radius 1 is 0.977 bits per heavy atom. The molecule has 2 aliphatic heterocycles. The molecule has 10 nitrogen and oxygen atoms in total. The van der Waals surface area contributed by atoms with Crippen molar-refractivity contribution in [2.24, 2.45) is 11.7 Å². The first-order valence-corrected chi connectivity index (χ1v) is 15.4. The van der Waals surface area contributed by atoms with Crippen LogP contribution in [-0.4, -0.2) is 60.2 Å². The molecular formula is C29H30F4N6O4S. The number of carbonyl (C=O) groups is 2. The van der Waals surface area contributed by atoms with Gasteiger partial charge in [0.05, 0.1) is 34.3 Å². The third-order valence-electron chi connectivity index (χ3n) is 7.75. The lowest BCUT2D eigenvalue weighted by Crippen LogP contribution is -2.45. The Bertz CT molecular complexity index is 1630. The number of carbonyl (C=O) groups excluding carboxylic acids is 2. The molecule has 2 atom stereocenters. The van der Waals surface area contributed by atoms with Crippen LogP contribution in [0.1, 0.15) is 36.9 Å². The van der Waals surface area contributed by atoms with E-state index in [1.807, 2.05) is 0 Å². The molecule has 2 fully saturated rings. The number of nitrogens with two attached hydrogens (primary N) is 1. The van der Waals surface area contributed by atoms with Gasteiger partial charge in [0.15, 0.2) is 0 Å². The van der Waals surface area contributed by atoms with Gasteiger partial charge in [-0.3, -0.25) is 9.59 Å². The highest BCUT2D eigenvalue weighted by molar-refractivity contribution is 7.89. The number of rotatable bonds is 8. The van der Waals surface area contributed by atoms with Crippen LogP contribution in [0.5, 0.6) is 0 Å². The minimum atomic E-state index is -4.51. The largest absolute Gasteiger partial charge is 0.416 e. The van der Waals surface area contributed by atoms with Gasteiger partial charge in [0.1, 0.15) is 11.9 Å². The normalized spacial score (nSPS) is 19.6. The summed E-state index contributed by atoms with van der Waals surface area (Å²) in [6, 6.07) is 9.35. The van der Waals surface area contributed by atoms with E-state index in [9.17, 15) is 35.6 Å². The van der Waals surface area contributed by atoms with Crippen molar-refractivity contribution in [3.63, 3.8) is 0 Å². The summed E-state index contributed by atoms with van der Waals surface area (Å²) in [5, 5.41) is 2.73.